The maximum absolute atomic E-state index is 3.34. The van der Waals surface area contributed by atoms with Crippen molar-refractivity contribution in [2.45, 2.75) is 91.4 Å². The second-order valence-corrected chi connectivity index (χ2v) is 12.9. The third-order valence-corrected chi connectivity index (χ3v) is 7.22. The van der Waals surface area contributed by atoms with Crippen LogP contribution in [-0.2, 0) is 35.1 Å². The quantitative estimate of drug-likeness (QED) is 0.158. The van der Waals surface area contributed by atoms with E-state index in [1.807, 2.05) is 42.5 Å². The fraction of sp³-hybridized carbons (Fsp3) is 0.333. The summed E-state index contributed by atoms with van der Waals surface area (Å²) in [6.07, 6.45) is 6.50. The van der Waals surface area contributed by atoms with Gasteiger partial charge in [-0.15, -0.1) is 46.2 Å². The molecule has 0 spiro atoms. The van der Waals surface area contributed by atoms with Gasteiger partial charge in [-0.1, -0.05) is 90.8 Å². The number of rotatable bonds is 1. The Hall–Kier alpha value is -2.37. The summed E-state index contributed by atoms with van der Waals surface area (Å²) in [5.74, 6) is 0.639. The third-order valence-electron chi connectivity index (χ3n) is 7.22. The van der Waals surface area contributed by atoms with Crippen LogP contribution >= 0.6 is 0 Å². The maximum Gasteiger partial charge on any atom is -0.172 e. The van der Waals surface area contributed by atoms with E-state index in [1.165, 1.54) is 81.7 Å². The molecule has 0 amide bonds. The van der Waals surface area contributed by atoms with Crippen molar-refractivity contribution in [2.24, 2.45) is 0 Å². The van der Waals surface area contributed by atoms with E-state index in [0.717, 1.165) is 0 Å². The summed E-state index contributed by atoms with van der Waals surface area (Å²) >= 11 is 1.30. The van der Waals surface area contributed by atoms with Crippen molar-refractivity contribution in [2.75, 3.05) is 0 Å². The van der Waals surface area contributed by atoms with Gasteiger partial charge in [-0.05, 0) is 16.7 Å². The Morgan fingerprint density at radius 2 is 1.12 bits per heavy atom. The molecule has 0 bridgehead atoms. The predicted molar refractivity (Wildman–Crippen MR) is 194 cm³/mol. The van der Waals surface area contributed by atoms with E-state index in [4.69, 9.17) is 0 Å². The molecule has 1 aliphatic carbocycles. The second kappa shape index (κ2) is 19.8. The molecule has 0 N–H and O–H groups in total. The van der Waals surface area contributed by atoms with E-state index in [0.29, 0.717) is 5.92 Å². The van der Waals surface area contributed by atoms with Gasteiger partial charge in [0.1, 0.15) is 0 Å². The van der Waals surface area contributed by atoms with E-state index in [9.17, 15) is 0 Å². The van der Waals surface area contributed by atoms with Crippen LogP contribution in [0.5, 0.6) is 0 Å². The summed E-state index contributed by atoms with van der Waals surface area (Å²) in [5.41, 5.74) is 4.60. The van der Waals surface area contributed by atoms with E-state index in [2.05, 4.69) is 127 Å². The monoisotopic (exact) mass is 650 g/mol. The number of fused-ring (bicyclic) bond motifs is 3. The fourth-order valence-corrected chi connectivity index (χ4v) is 4.26. The Kier molecular flexibility index (Phi) is 18.7. The largest absolute Gasteiger partial charge is 0.358 e. The van der Waals surface area contributed by atoms with Gasteiger partial charge in [0.05, 0.1) is 0 Å². The van der Waals surface area contributed by atoms with Gasteiger partial charge in [0, 0.05) is 0 Å². The molecule has 5 aromatic rings. The standard InChI is InChI=1S/C21H25.C9H11.C5H5.C4H7.2CH3.CH2.Zr/c1-20(2,3)16-7-9-18-14(12-16)11-15-13-17(21(4,5)6)8-10-19(15)18;1-8(2)9-6-4-3-5-7-9;1-2-4-5-3-1;1-2-4-3-1;;;;/h7-13H,1-6H3;4-8H,1-2H3;1-5H;1H,2-4H2;2*1H3;1H2;/q6*-1;;. The first kappa shape index (κ1) is 40.6. The van der Waals surface area contributed by atoms with Gasteiger partial charge in [-0.2, -0.15) is 66.9 Å². The molecule has 0 aliphatic heterocycles. The minimum absolute atomic E-state index is 0. The van der Waals surface area contributed by atoms with Crippen LogP contribution in [0.1, 0.15) is 97.3 Å². The zero-order chi connectivity index (χ0) is 30.5. The molecule has 0 heterocycles. The van der Waals surface area contributed by atoms with E-state index in [-0.39, 0.29) is 25.7 Å². The summed E-state index contributed by atoms with van der Waals surface area (Å²) in [6, 6.07) is 37.3. The second-order valence-electron chi connectivity index (χ2n) is 12.9. The van der Waals surface area contributed by atoms with E-state index in [1.54, 1.807) is 0 Å². The summed E-state index contributed by atoms with van der Waals surface area (Å²) in [6.45, 7) is 18.0. The van der Waals surface area contributed by atoms with Gasteiger partial charge in [0.2, 0.25) is 0 Å². The summed E-state index contributed by atoms with van der Waals surface area (Å²) in [5, 5.41) is 5.48. The Morgan fingerprint density at radius 3 is 1.37 bits per heavy atom. The van der Waals surface area contributed by atoms with Crippen molar-refractivity contribution < 1.29 is 24.2 Å². The van der Waals surface area contributed by atoms with Gasteiger partial charge < -0.3 is 21.3 Å². The summed E-state index contributed by atoms with van der Waals surface area (Å²) < 4.78 is 3.34. The molecule has 1 heteroatoms. The Balaban J connectivity index is 0.000000659. The molecule has 43 heavy (non-hydrogen) atoms. The van der Waals surface area contributed by atoms with Crippen LogP contribution in [0.4, 0.5) is 0 Å². The predicted octanol–water partition coefficient (Wildman–Crippen LogP) is 12.6. The smallest absolute Gasteiger partial charge is 0.172 e. The molecule has 234 valence electrons. The first-order chi connectivity index (χ1) is 19.5. The molecule has 6 rings (SSSR count). The van der Waals surface area contributed by atoms with Crippen molar-refractivity contribution in [3.05, 3.63) is 141 Å². The van der Waals surface area contributed by atoms with Crippen molar-refractivity contribution in [1.82, 2.24) is 0 Å². The number of hydrogen-bond donors (Lipinski definition) is 0. The third kappa shape index (κ3) is 13.4. The maximum atomic E-state index is 3.34. The molecule has 0 nitrogen and oxygen atoms in total. The molecular formula is C42H56Zr-6. The average molecular weight is 652 g/mol. The van der Waals surface area contributed by atoms with Crippen LogP contribution in [0.15, 0.2) is 97.1 Å². The van der Waals surface area contributed by atoms with Gasteiger partial charge in [-0.25, -0.2) is 12.1 Å². The van der Waals surface area contributed by atoms with E-state index >= 15 is 0 Å². The number of hydrogen-bond acceptors (Lipinski definition) is 0. The molecule has 0 aromatic heterocycles. The Labute approximate surface area is 281 Å². The van der Waals surface area contributed by atoms with Crippen molar-refractivity contribution in [3.8, 4) is 0 Å². The topological polar surface area (TPSA) is 0 Å². The molecule has 0 atom stereocenters. The minimum atomic E-state index is 0. The Bertz CT molecular complexity index is 1290. The molecule has 5 aromatic carbocycles. The van der Waals surface area contributed by atoms with Crippen molar-refractivity contribution >= 4 is 25.8 Å². The van der Waals surface area contributed by atoms with Crippen molar-refractivity contribution in [1.29, 1.82) is 0 Å². The van der Waals surface area contributed by atoms with Crippen molar-refractivity contribution in [3.63, 3.8) is 0 Å². The SMILES string of the molecule is CC(C)(C)c1ccc2c(c1)[cH-]c1cc(C(C)(C)C)ccc12.CC(C)c1cc[c-]cc1.[CH-]1CCC1.[CH2]=[Zr].[CH3-].[CH3-].c1cc[cH-]c1. The zero-order valence-electron chi connectivity index (χ0n) is 28.7. The first-order valence-corrected chi connectivity index (χ1v) is 16.6. The van der Waals surface area contributed by atoms with Gasteiger partial charge in [-0.3, -0.25) is 0 Å². The van der Waals surface area contributed by atoms with Crippen LogP contribution in [0.2, 0.25) is 0 Å². The molecule has 0 unspecified atom stereocenters. The summed E-state index contributed by atoms with van der Waals surface area (Å²) in [4.78, 5) is 0. The number of benzene rings is 3. The average Bonchev–Trinajstić information content (AvgIpc) is 3.60. The molecule has 0 saturated heterocycles. The van der Waals surface area contributed by atoms with E-state index < -0.39 is 0 Å². The van der Waals surface area contributed by atoms with Crippen LogP contribution < -0.4 is 0 Å². The summed E-state index contributed by atoms with van der Waals surface area (Å²) in [7, 11) is 0. The molecule has 1 saturated carbocycles. The van der Waals surface area contributed by atoms with Crippen LogP contribution in [-0.4, -0.2) is 4.21 Å². The fourth-order valence-electron chi connectivity index (χ4n) is 4.26. The van der Waals surface area contributed by atoms with Crippen LogP contribution in [0.25, 0.3) is 21.5 Å². The normalized spacial score (nSPS) is 11.8. The van der Waals surface area contributed by atoms with Gasteiger partial charge >= 0.3 is 28.4 Å². The molecule has 1 aliphatic rings. The minimum Gasteiger partial charge on any atom is -0.358 e. The van der Waals surface area contributed by atoms with Gasteiger partial charge in [0.15, 0.2) is 0 Å². The van der Waals surface area contributed by atoms with Crippen LogP contribution in [0.3, 0.4) is 0 Å². The molecular weight excluding hydrogens is 596 g/mol. The molecule has 1 fully saturated rings. The first-order valence-electron chi connectivity index (χ1n) is 14.9. The van der Waals surface area contributed by atoms with Crippen LogP contribution in [0, 0.1) is 27.3 Å². The molecule has 0 radical (unpaired) electrons. The van der Waals surface area contributed by atoms with Gasteiger partial charge in [0.25, 0.3) is 0 Å². The Morgan fingerprint density at radius 1 is 0.721 bits per heavy atom. The zero-order valence-corrected chi connectivity index (χ0v) is 31.2.